The number of amides is 1. The van der Waals surface area contributed by atoms with Crippen LogP contribution in [0.5, 0.6) is 0 Å². The maximum absolute atomic E-state index is 13.2. The zero-order chi connectivity index (χ0) is 21.2. The zero-order valence-corrected chi connectivity index (χ0v) is 17.6. The first-order chi connectivity index (χ1) is 14.0. The predicted octanol–water partition coefficient (Wildman–Crippen LogP) is 4.75. The van der Waals surface area contributed by atoms with E-state index in [1.54, 1.807) is 12.1 Å². The van der Waals surface area contributed by atoms with E-state index in [2.05, 4.69) is 25.7 Å². The van der Waals surface area contributed by atoms with E-state index in [4.69, 9.17) is 0 Å². The normalized spacial score (nSPS) is 12.0. The molecule has 0 unspecified atom stereocenters. The molecule has 156 valence electrons. The Bertz CT molecular complexity index is 774. The maximum atomic E-state index is 13.2. The van der Waals surface area contributed by atoms with Crippen molar-refractivity contribution in [1.29, 1.82) is 0 Å². The maximum Gasteiger partial charge on any atom is 0.269 e. The molecule has 1 amide bonds. The van der Waals surface area contributed by atoms with Gasteiger partial charge in [0.15, 0.2) is 0 Å². The van der Waals surface area contributed by atoms with E-state index in [0.29, 0.717) is 12.1 Å². The van der Waals surface area contributed by atoms with Gasteiger partial charge in [-0.1, -0.05) is 44.2 Å². The predicted molar refractivity (Wildman–Crippen MR) is 116 cm³/mol. The van der Waals surface area contributed by atoms with Crippen LogP contribution in [0.2, 0.25) is 0 Å². The molecule has 2 aromatic rings. The standard InChI is InChI=1S/C23H31N3O3/c1-4-24(5-2)17-9-10-19(3)25(23(27)21-11-7-6-8-12-21)18-20-13-15-22(16-14-20)26(28)29/h6-8,11-16,19H,4-5,9-10,17-18H2,1-3H3/t19-/m0/s1. The number of nitro groups is 1. The average Bonchev–Trinajstić information content (AvgIpc) is 2.75. The van der Waals surface area contributed by atoms with Gasteiger partial charge in [0.05, 0.1) is 4.92 Å². The molecule has 0 aliphatic heterocycles. The summed E-state index contributed by atoms with van der Waals surface area (Å²) < 4.78 is 0. The fraction of sp³-hybridized carbons (Fsp3) is 0.435. The second-order valence-electron chi connectivity index (χ2n) is 7.24. The average molecular weight is 398 g/mol. The Morgan fingerprint density at radius 3 is 2.21 bits per heavy atom. The van der Waals surface area contributed by atoms with Gasteiger partial charge in [0.1, 0.15) is 0 Å². The third-order valence-corrected chi connectivity index (χ3v) is 5.30. The van der Waals surface area contributed by atoms with E-state index >= 15 is 0 Å². The minimum atomic E-state index is -0.410. The number of rotatable bonds is 11. The summed E-state index contributed by atoms with van der Waals surface area (Å²) in [5.41, 5.74) is 1.60. The Balaban J connectivity index is 2.14. The van der Waals surface area contributed by atoms with Crippen LogP contribution in [0.3, 0.4) is 0 Å². The summed E-state index contributed by atoms with van der Waals surface area (Å²) in [5.74, 6) is -0.0145. The number of carbonyl (C=O) groups is 1. The number of benzene rings is 2. The fourth-order valence-corrected chi connectivity index (χ4v) is 3.40. The third-order valence-electron chi connectivity index (χ3n) is 5.30. The quantitative estimate of drug-likeness (QED) is 0.405. The highest BCUT2D eigenvalue weighted by Crippen LogP contribution is 2.19. The molecule has 0 heterocycles. The zero-order valence-electron chi connectivity index (χ0n) is 17.6. The van der Waals surface area contributed by atoms with Gasteiger partial charge in [0, 0.05) is 30.3 Å². The highest BCUT2D eigenvalue weighted by molar-refractivity contribution is 5.94. The molecule has 29 heavy (non-hydrogen) atoms. The minimum absolute atomic E-state index is 0.0145. The minimum Gasteiger partial charge on any atom is -0.332 e. The molecule has 1 atom stereocenters. The number of hydrogen-bond acceptors (Lipinski definition) is 4. The molecule has 0 saturated carbocycles. The van der Waals surface area contributed by atoms with Gasteiger partial charge in [-0.05, 0) is 57.1 Å². The van der Waals surface area contributed by atoms with Crippen molar-refractivity contribution in [2.45, 2.75) is 46.2 Å². The van der Waals surface area contributed by atoms with Crippen LogP contribution in [0, 0.1) is 10.1 Å². The van der Waals surface area contributed by atoms with Crippen LogP contribution in [0.4, 0.5) is 5.69 Å². The molecule has 0 spiro atoms. The van der Waals surface area contributed by atoms with Crippen molar-refractivity contribution in [1.82, 2.24) is 9.80 Å². The third kappa shape index (κ3) is 6.68. The van der Waals surface area contributed by atoms with E-state index in [0.717, 1.165) is 38.0 Å². The van der Waals surface area contributed by atoms with Crippen LogP contribution in [0.25, 0.3) is 0 Å². The van der Waals surface area contributed by atoms with E-state index in [1.165, 1.54) is 12.1 Å². The van der Waals surface area contributed by atoms with Crippen molar-refractivity contribution >= 4 is 11.6 Å². The molecule has 0 aliphatic rings. The van der Waals surface area contributed by atoms with Gasteiger partial charge in [-0.2, -0.15) is 0 Å². The lowest BCUT2D eigenvalue weighted by Crippen LogP contribution is -2.38. The summed E-state index contributed by atoms with van der Waals surface area (Å²) >= 11 is 0. The number of non-ortho nitro benzene ring substituents is 1. The smallest absolute Gasteiger partial charge is 0.269 e. The van der Waals surface area contributed by atoms with Gasteiger partial charge < -0.3 is 9.80 Å². The number of hydrogen-bond donors (Lipinski definition) is 0. The van der Waals surface area contributed by atoms with Gasteiger partial charge in [0.2, 0.25) is 0 Å². The van der Waals surface area contributed by atoms with Crippen LogP contribution in [-0.2, 0) is 6.54 Å². The molecule has 0 N–H and O–H groups in total. The van der Waals surface area contributed by atoms with Gasteiger partial charge in [0.25, 0.3) is 11.6 Å². The highest BCUT2D eigenvalue weighted by atomic mass is 16.6. The molecular weight excluding hydrogens is 366 g/mol. The van der Waals surface area contributed by atoms with Crippen molar-refractivity contribution in [3.63, 3.8) is 0 Å². The van der Waals surface area contributed by atoms with Crippen LogP contribution < -0.4 is 0 Å². The molecule has 6 heteroatoms. The first-order valence-corrected chi connectivity index (χ1v) is 10.3. The Hall–Kier alpha value is -2.73. The Kier molecular flexibility index (Phi) is 8.80. The molecule has 0 aromatic heterocycles. The van der Waals surface area contributed by atoms with Gasteiger partial charge in [-0.25, -0.2) is 0 Å². The van der Waals surface area contributed by atoms with Crippen molar-refractivity contribution < 1.29 is 9.72 Å². The van der Waals surface area contributed by atoms with E-state index < -0.39 is 4.92 Å². The van der Waals surface area contributed by atoms with Crippen molar-refractivity contribution in [2.75, 3.05) is 19.6 Å². The molecular formula is C23H31N3O3. The summed E-state index contributed by atoms with van der Waals surface area (Å²) in [4.78, 5) is 27.9. The summed E-state index contributed by atoms with van der Waals surface area (Å²) in [6, 6.07) is 15.8. The van der Waals surface area contributed by atoms with Crippen LogP contribution in [-0.4, -0.2) is 46.3 Å². The van der Waals surface area contributed by atoms with Crippen molar-refractivity contribution in [2.24, 2.45) is 0 Å². The van der Waals surface area contributed by atoms with Crippen LogP contribution in [0.15, 0.2) is 54.6 Å². The summed E-state index contributed by atoms with van der Waals surface area (Å²) in [5, 5.41) is 10.9. The number of carbonyl (C=O) groups excluding carboxylic acids is 1. The first kappa shape index (κ1) is 22.6. The molecule has 0 aliphatic carbocycles. The Morgan fingerprint density at radius 1 is 1.03 bits per heavy atom. The second-order valence-corrected chi connectivity index (χ2v) is 7.24. The van der Waals surface area contributed by atoms with Crippen LogP contribution in [0.1, 0.15) is 49.5 Å². The van der Waals surface area contributed by atoms with Crippen molar-refractivity contribution in [3.05, 3.63) is 75.8 Å². The Morgan fingerprint density at radius 2 is 1.66 bits per heavy atom. The molecule has 0 saturated heterocycles. The lowest BCUT2D eigenvalue weighted by Gasteiger charge is -2.30. The topological polar surface area (TPSA) is 66.7 Å². The lowest BCUT2D eigenvalue weighted by molar-refractivity contribution is -0.384. The summed E-state index contributed by atoms with van der Waals surface area (Å²) in [6.45, 7) is 9.90. The second kappa shape index (κ2) is 11.3. The fourth-order valence-electron chi connectivity index (χ4n) is 3.40. The van der Waals surface area contributed by atoms with E-state index in [9.17, 15) is 14.9 Å². The lowest BCUT2D eigenvalue weighted by atomic mass is 10.1. The van der Waals surface area contributed by atoms with E-state index in [1.807, 2.05) is 35.2 Å². The highest BCUT2D eigenvalue weighted by Gasteiger charge is 2.22. The molecule has 2 rings (SSSR count). The largest absolute Gasteiger partial charge is 0.332 e. The monoisotopic (exact) mass is 397 g/mol. The summed E-state index contributed by atoms with van der Waals surface area (Å²) in [6.07, 6.45) is 1.92. The van der Waals surface area contributed by atoms with Gasteiger partial charge in [-0.3, -0.25) is 14.9 Å². The number of nitrogens with zero attached hydrogens (tertiary/aromatic N) is 3. The number of nitro benzene ring substituents is 1. The SMILES string of the molecule is CCN(CC)CCC[C@H](C)N(Cc1ccc([N+](=O)[O-])cc1)C(=O)c1ccccc1. The molecule has 0 fully saturated rings. The van der Waals surface area contributed by atoms with Gasteiger partial charge in [-0.15, -0.1) is 0 Å². The van der Waals surface area contributed by atoms with E-state index in [-0.39, 0.29) is 17.6 Å². The molecule has 2 aromatic carbocycles. The first-order valence-electron chi connectivity index (χ1n) is 10.3. The molecule has 0 bridgehead atoms. The molecule has 6 nitrogen and oxygen atoms in total. The van der Waals surface area contributed by atoms with Gasteiger partial charge >= 0.3 is 0 Å². The van der Waals surface area contributed by atoms with Crippen LogP contribution >= 0.6 is 0 Å². The molecule has 0 radical (unpaired) electrons. The summed E-state index contributed by atoms with van der Waals surface area (Å²) in [7, 11) is 0. The van der Waals surface area contributed by atoms with Crippen molar-refractivity contribution in [3.8, 4) is 0 Å². The Labute approximate surface area is 173 Å².